The molecule has 1 heterocycles. The number of alkyl carbamates (subject to hydrolysis) is 1. The molecule has 9 nitrogen and oxygen atoms in total. The van der Waals surface area contributed by atoms with Crippen LogP contribution in [0.3, 0.4) is 0 Å². The van der Waals surface area contributed by atoms with Gasteiger partial charge in [-0.3, -0.25) is 4.99 Å². The monoisotopic (exact) mass is 505 g/mol. The fraction of sp³-hybridized carbons (Fsp3) is 0.867. The van der Waals surface area contributed by atoms with Crippen LogP contribution < -0.4 is 15.4 Å². The van der Waals surface area contributed by atoms with Crippen molar-refractivity contribution in [3.05, 3.63) is 0 Å². The SMILES string of the molecule is CCS(=O)(=O)NCCNC(=NC)N1CCC(NC(=O)OC(C)(C)C)C1.I. The lowest BCUT2D eigenvalue weighted by Crippen LogP contribution is -2.45. The van der Waals surface area contributed by atoms with Crippen LogP contribution in [0.25, 0.3) is 0 Å². The van der Waals surface area contributed by atoms with Crippen molar-refractivity contribution in [1.82, 2.24) is 20.3 Å². The first-order valence-corrected chi connectivity index (χ1v) is 10.1. The predicted octanol–water partition coefficient (Wildman–Crippen LogP) is 0.718. The van der Waals surface area contributed by atoms with E-state index in [-0.39, 0.29) is 35.8 Å². The molecule has 1 aliphatic rings. The first kappa shape index (κ1) is 25.2. The quantitative estimate of drug-likeness (QED) is 0.212. The zero-order chi connectivity index (χ0) is 19.1. The molecule has 0 spiro atoms. The smallest absolute Gasteiger partial charge is 0.407 e. The second kappa shape index (κ2) is 11.1. The second-order valence-corrected chi connectivity index (χ2v) is 8.95. The molecule has 3 N–H and O–H groups in total. The first-order chi connectivity index (χ1) is 11.6. The number of sulfonamides is 1. The topological polar surface area (TPSA) is 112 Å². The van der Waals surface area contributed by atoms with Gasteiger partial charge in [-0.1, -0.05) is 0 Å². The van der Waals surface area contributed by atoms with Crippen LogP contribution in [0.2, 0.25) is 0 Å². The van der Waals surface area contributed by atoms with Crippen LogP contribution in [0.1, 0.15) is 34.1 Å². The number of hydrogen-bond donors (Lipinski definition) is 3. The summed E-state index contributed by atoms with van der Waals surface area (Å²) in [6.07, 6.45) is 0.374. The van der Waals surface area contributed by atoms with Crippen LogP contribution in [0.15, 0.2) is 4.99 Å². The van der Waals surface area contributed by atoms with Gasteiger partial charge in [-0.15, -0.1) is 24.0 Å². The summed E-state index contributed by atoms with van der Waals surface area (Å²) in [5.41, 5.74) is -0.522. The third-order valence-corrected chi connectivity index (χ3v) is 4.93. The summed E-state index contributed by atoms with van der Waals surface area (Å²) in [4.78, 5) is 18.1. The van der Waals surface area contributed by atoms with E-state index in [0.717, 1.165) is 13.0 Å². The summed E-state index contributed by atoms with van der Waals surface area (Å²) < 4.78 is 30.5. The number of rotatable bonds is 6. The molecule has 1 amide bonds. The Labute approximate surface area is 173 Å². The number of amides is 1. The van der Waals surface area contributed by atoms with E-state index in [1.807, 2.05) is 25.7 Å². The Morgan fingerprint density at radius 2 is 1.96 bits per heavy atom. The third-order valence-electron chi connectivity index (χ3n) is 3.53. The summed E-state index contributed by atoms with van der Waals surface area (Å²) in [6, 6.07) is -0.00741. The van der Waals surface area contributed by atoms with E-state index in [9.17, 15) is 13.2 Å². The van der Waals surface area contributed by atoms with E-state index in [1.165, 1.54) is 0 Å². The molecular weight excluding hydrogens is 473 g/mol. The molecular formula is C15H32IN5O4S. The summed E-state index contributed by atoms with van der Waals surface area (Å²) in [5.74, 6) is 0.746. The van der Waals surface area contributed by atoms with Crippen molar-refractivity contribution in [3.8, 4) is 0 Å². The Hall–Kier alpha value is -0.820. The number of nitrogens with one attached hydrogen (secondary N) is 3. The van der Waals surface area contributed by atoms with Crippen molar-refractivity contribution in [3.63, 3.8) is 0 Å². The number of ether oxygens (including phenoxy) is 1. The van der Waals surface area contributed by atoms with Gasteiger partial charge in [-0.05, 0) is 34.1 Å². The number of nitrogens with zero attached hydrogens (tertiary/aromatic N) is 2. The molecule has 0 bridgehead atoms. The Morgan fingerprint density at radius 3 is 2.50 bits per heavy atom. The Bertz CT molecular complexity index is 577. The van der Waals surface area contributed by atoms with Gasteiger partial charge in [0.05, 0.1) is 11.8 Å². The number of carbonyl (C=O) groups excluding carboxylic acids is 1. The Kier molecular flexibility index (Phi) is 10.8. The van der Waals surface area contributed by atoms with Gasteiger partial charge in [0, 0.05) is 33.2 Å². The minimum atomic E-state index is -3.19. The van der Waals surface area contributed by atoms with Gasteiger partial charge in [0.2, 0.25) is 10.0 Å². The van der Waals surface area contributed by atoms with Crippen LogP contribution in [-0.4, -0.2) is 76.0 Å². The van der Waals surface area contributed by atoms with E-state index in [0.29, 0.717) is 25.6 Å². The van der Waals surface area contributed by atoms with Crippen molar-refractivity contribution in [1.29, 1.82) is 0 Å². The van der Waals surface area contributed by atoms with Crippen LogP contribution in [-0.2, 0) is 14.8 Å². The van der Waals surface area contributed by atoms with Gasteiger partial charge in [0.25, 0.3) is 0 Å². The van der Waals surface area contributed by atoms with Crippen molar-refractivity contribution in [2.45, 2.75) is 45.8 Å². The molecule has 0 aromatic rings. The lowest BCUT2D eigenvalue weighted by molar-refractivity contribution is 0.0507. The molecule has 0 saturated carbocycles. The Balaban J connectivity index is 0.00000625. The van der Waals surface area contributed by atoms with Gasteiger partial charge < -0.3 is 20.3 Å². The molecule has 1 fully saturated rings. The molecule has 1 aliphatic heterocycles. The fourth-order valence-electron chi connectivity index (χ4n) is 2.36. The summed E-state index contributed by atoms with van der Waals surface area (Å²) >= 11 is 0. The minimum absolute atomic E-state index is 0. The number of likely N-dealkylation sites (tertiary alicyclic amines) is 1. The lowest BCUT2D eigenvalue weighted by atomic mass is 10.2. The highest BCUT2D eigenvalue weighted by Crippen LogP contribution is 2.11. The molecule has 0 aromatic carbocycles. The molecule has 11 heteroatoms. The maximum atomic E-state index is 11.8. The molecule has 1 rings (SSSR count). The minimum Gasteiger partial charge on any atom is -0.444 e. The van der Waals surface area contributed by atoms with E-state index >= 15 is 0 Å². The first-order valence-electron chi connectivity index (χ1n) is 8.48. The third kappa shape index (κ3) is 9.76. The second-order valence-electron chi connectivity index (χ2n) is 6.85. The van der Waals surface area contributed by atoms with Crippen molar-refractivity contribution < 1.29 is 17.9 Å². The van der Waals surface area contributed by atoms with E-state index in [1.54, 1.807) is 14.0 Å². The van der Waals surface area contributed by atoms with Gasteiger partial charge in [0.1, 0.15) is 5.60 Å². The maximum Gasteiger partial charge on any atom is 0.407 e. The maximum absolute atomic E-state index is 11.8. The highest BCUT2D eigenvalue weighted by atomic mass is 127. The molecule has 0 aromatic heterocycles. The summed E-state index contributed by atoms with van der Waals surface area (Å²) in [5, 5.41) is 5.99. The fourth-order valence-corrected chi connectivity index (χ4v) is 2.98. The largest absolute Gasteiger partial charge is 0.444 e. The van der Waals surface area contributed by atoms with Gasteiger partial charge in [-0.2, -0.15) is 0 Å². The molecule has 0 aliphatic carbocycles. The van der Waals surface area contributed by atoms with Gasteiger partial charge >= 0.3 is 6.09 Å². The van der Waals surface area contributed by atoms with E-state index in [4.69, 9.17) is 4.74 Å². The van der Waals surface area contributed by atoms with Crippen LogP contribution in [0.5, 0.6) is 0 Å². The van der Waals surface area contributed by atoms with E-state index < -0.39 is 21.7 Å². The number of hydrogen-bond acceptors (Lipinski definition) is 5. The molecule has 1 atom stereocenters. The average molecular weight is 505 g/mol. The summed E-state index contributed by atoms with van der Waals surface area (Å²) in [6.45, 7) is 9.18. The molecule has 26 heavy (non-hydrogen) atoms. The summed E-state index contributed by atoms with van der Waals surface area (Å²) in [7, 11) is -1.51. The molecule has 0 radical (unpaired) electrons. The van der Waals surface area contributed by atoms with Crippen LogP contribution in [0, 0.1) is 0 Å². The predicted molar refractivity (Wildman–Crippen MR) is 114 cm³/mol. The van der Waals surface area contributed by atoms with Crippen molar-refractivity contribution in [2.24, 2.45) is 4.99 Å². The molecule has 1 saturated heterocycles. The molecule has 1 unspecified atom stereocenters. The normalized spacial score (nSPS) is 18.3. The van der Waals surface area contributed by atoms with Crippen molar-refractivity contribution >= 4 is 46.1 Å². The van der Waals surface area contributed by atoms with E-state index in [2.05, 4.69) is 20.3 Å². The lowest BCUT2D eigenvalue weighted by Gasteiger charge is -2.23. The van der Waals surface area contributed by atoms with Crippen LogP contribution >= 0.6 is 24.0 Å². The van der Waals surface area contributed by atoms with Crippen LogP contribution in [0.4, 0.5) is 4.79 Å². The molecule has 154 valence electrons. The average Bonchev–Trinajstić information content (AvgIpc) is 2.93. The highest BCUT2D eigenvalue weighted by molar-refractivity contribution is 14.0. The number of carbonyl (C=O) groups is 1. The Morgan fingerprint density at radius 1 is 1.31 bits per heavy atom. The zero-order valence-corrected chi connectivity index (χ0v) is 19.3. The highest BCUT2D eigenvalue weighted by Gasteiger charge is 2.27. The number of aliphatic imine (C=N–C) groups is 1. The van der Waals surface area contributed by atoms with Crippen molar-refractivity contribution in [2.75, 3.05) is 39.0 Å². The van der Waals surface area contributed by atoms with Gasteiger partial charge in [0.15, 0.2) is 5.96 Å². The van der Waals surface area contributed by atoms with Gasteiger partial charge in [-0.25, -0.2) is 17.9 Å². The number of halogens is 1. The number of guanidine groups is 1. The zero-order valence-electron chi connectivity index (χ0n) is 16.2. The standard InChI is InChI=1S/C15H31N5O4S.HI/c1-6-25(22,23)18-9-8-17-13(16-5)20-10-7-12(11-20)19-14(21)24-15(2,3)4;/h12,18H,6-11H2,1-5H3,(H,16,17)(H,19,21);1H.